The predicted octanol–water partition coefficient (Wildman–Crippen LogP) is 4.34. The molecule has 0 saturated carbocycles. The van der Waals surface area contributed by atoms with Gasteiger partial charge in [-0.15, -0.1) is 0 Å². The largest absolute Gasteiger partial charge is 0.422 e. The quantitative estimate of drug-likeness (QED) is 0.470. The van der Waals surface area contributed by atoms with Crippen molar-refractivity contribution in [2.75, 3.05) is 6.26 Å². The fourth-order valence-corrected chi connectivity index (χ4v) is 3.43. The van der Waals surface area contributed by atoms with Gasteiger partial charge in [0.15, 0.2) is 0 Å². The highest BCUT2D eigenvalue weighted by Gasteiger charge is 2.14. The Labute approximate surface area is 160 Å². The number of fused-ring (bicyclic) bond motifs is 1. The Bertz CT molecular complexity index is 1170. The Morgan fingerprint density at radius 3 is 2.46 bits per heavy atom. The lowest BCUT2D eigenvalue weighted by atomic mass is 9.99. The molecular weight excluding hydrogens is 399 g/mol. The zero-order chi connectivity index (χ0) is 19.1. The van der Waals surface area contributed by atoms with Crippen LogP contribution in [0.1, 0.15) is 16.7 Å². The number of aryl methyl sites for hydroxylation is 1. The second-order valence-corrected chi connectivity index (χ2v) is 8.25. The van der Waals surface area contributed by atoms with Crippen LogP contribution in [0.2, 0.25) is 10.0 Å². The van der Waals surface area contributed by atoms with Crippen molar-refractivity contribution < 1.29 is 17.0 Å². The van der Waals surface area contributed by atoms with Crippen molar-refractivity contribution >= 4 is 44.3 Å². The van der Waals surface area contributed by atoms with E-state index in [9.17, 15) is 13.2 Å². The predicted molar refractivity (Wildman–Crippen MR) is 102 cm³/mol. The number of hydrogen-bond acceptors (Lipinski definition) is 5. The normalized spacial score (nSPS) is 11.7. The SMILES string of the molecule is Cc1c(Cc2ccc(Cl)c(Cl)c2)c(=O)oc2cc(OS(C)(=O)=O)ccc12. The smallest absolute Gasteiger partial charge is 0.340 e. The first-order valence-electron chi connectivity index (χ1n) is 7.54. The van der Waals surface area contributed by atoms with Crippen LogP contribution in [0.3, 0.4) is 0 Å². The molecule has 2 aromatic carbocycles. The van der Waals surface area contributed by atoms with E-state index >= 15 is 0 Å². The van der Waals surface area contributed by atoms with Gasteiger partial charge < -0.3 is 8.60 Å². The molecule has 0 N–H and O–H groups in total. The molecule has 0 atom stereocenters. The van der Waals surface area contributed by atoms with Gasteiger partial charge in [0.25, 0.3) is 0 Å². The van der Waals surface area contributed by atoms with Crippen LogP contribution in [-0.2, 0) is 16.5 Å². The number of halogens is 2. The zero-order valence-corrected chi connectivity index (χ0v) is 16.2. The fraction of sp³-hybridized carbons (Fsp3) is 0.167. The molecule has 0 bridgehead atoms. The lowest BCUT2D eigenvalue weighted by Gasteiger charge is -2.10. The highest BCUT2D eigenvalue weighted by molar-refractivity contribution is 7.86. The van der Waals surface area contributed by atoms with E-state index in [1.54, 1.807) is 24.3 Å². The van der Waals surface area contributed by atoms with Crippen LogP contribution in [0, 0.1) is 6.92 Å². The summed E-state index contributed by atoms with van der Waals surface area (Å²) in [5, 5.41) is 1.55. The van der Waals surface area contributed by atoms with Gasteiger partial charge in [0, 0.05) is 23.4 Å². The maximum Gasteiger partial charge on any atom is 0.340 e. The van der Waals surface area contributed by atoms with E-state index < -0.39 is 15.7 Å². The topological polar surface area (TPSA) is 73.6 Å². The summed E-state index contributed by atoms with van der Waals surface area (Å²) in [4.78, 5) is 12.4. The van der Waals surface area contributed by atoms with Crippen molar-refractivity contribution in [1.82, 2.24) is 0 Å². The van der Waals surface area contributed by atoms with Gasteiger partial charge in [-0.1, -0.05) is 29.3 Å². The summed E-state index contributed by atoms with van der Waals surface area (Å²) in [7, 11) is -3.67. The van der Waals surface area contributed by atoms with E-state index in [0.29, 0.717) is 27.4 Å². The molecule has 3 aromatic rings. The van der Waals surface area contributed by atoms with Crippen LogP contribution in [-0.4, -0.2) is 14.7 Å². The molecule has 0 aliphatic rings. The lowest BCUT2D eigenvalue weighted by Crippen LogP contribution is -2.11. The summed E-state index contributed by atoms with van der Waals surface area (Å²) in [5.74, 6) is 0.0831. The van der Waals surface area contributed by atoms with Gasteiger partial charge >= 0.3 is 15.7 Å². The third-order valence-electron chi connectivity index (χ3n) is 3.87. The summed E-state index contributed by atoms with van der Waals surface area (Å²) in [5.41, 5.74) is 1.82. The average molecular weight is 413 g/mol. The van der Waals surface area contributed by atoms with E-state index in [0.717, 1.165) is 17.4 Å². The highest BCUT2D eigenvalue weighted by atomic mass is 35.5. The Hall–Kier alpha value is -2.02. The minimum Gasteiger partial charge on any atom is -0.422 e. The minimum absolute atomic E-state index is 0.0831. The number of hydrogen-bond donors (Lipinski definition) is 0. The molecule has 0 radical (unpaired) electrons. The van der Waals surface area contributed by atoms with E-state index in [-0.39, 0.29) is 11.3 Å². The van der Waals surface area contributed by atoms with Gasteiger partial charge in [0.1, 0.15) is 11.3 Å². The van der Waals surface area contributed by atoms with Crippen LogP contribution in [0.15, 0.2) is 45.6 Å². The standard InChI is InChI=1S/C18H14Cl2O5S/c1-10-13-5-4-12(25-26(2,22)23)9-17(13)24-18(21)14(10)7-11-3-6-15(19)16(20)8-11/h3-6,8-9H,7H2,1-2H3. The third-order valence-corrected chi connectivity index (χ3v) is 5.11. The molecule has 5 nitrogen and oxygen atoms in total. The van der Waals surface area contributed by atoms with Gasteiger partial charge in [-0.3, -0.25) is 0 Å². The molecule has 0 aliphatic carbocycles. The van der Waals surface area contributed by atoms with Crippen LogP contribution >= 0.6 is 23.2 Å². The summed E-state index contributed by atoms with van der Waals surface area (Å²) in [6.07, 6.45) is 1.28. The third kappa shape index (κ3) is 4.03. The van der Waals surface area contributed by atoms with Gasteiger partial charge in [0.2, 0.25) is 0 Å². The van der Waals surface area contributed by atoms with Crippen molar-refractivity contribution in [2.24, 2.45) is 0 Å². The number of benzene rings is 2. The first-order valence-corrected chi connectivity index (χ1v) is 10.1. The van der Waals surface area contributed by atoms with Crippen LogP contribution < -0.4 is 9.81 Å². The van der Waals surface area contributed by atoms with Crippen molar-refractivity contribution in [3.63, 3.8) is 0 Å². The Morgan fingerprint density at radius 1 is 1.08 bits per heavy atom. The first kappa shape index (κ1) is 18.8. The first-order chi connectivity index (χ1) is 12.1. The molecule has 1 aromatic heterocycles. The van der Waals surface area contributed by atoms with Crippen LogP contribution in [0.25, 0.3) is 11.0 Å². The minimum atomic E-state index is -3.67. The monoisotopic (exact) mass is 412 g/mol. The second kappa shape index (κ2) is 6.95. The van der Waals surface area contributed by atoms with E-state index in [1.165, 1.54) is 12.1 Å². The molecule has 8 heteroatoms. The van der Waals surface area contributed by atoms with Crippen molar-refractivity contribution in [3.8, 4) is 5.75 Å². The molecular formula is C18H14Cl2O5S. The van der Waals surface area contributed by atoms with Gasteiger partial charge in [0.05, 0.1) is 16.3 Å². The van der Waals surface area contributed by atoms with Crippen molar-refractivity contribution in [3.05, 3.63) is 73.6 Å². The van der Waals surface area contributed by atoms with Gasteiger partial charge in [-0.25, -0.2) is 4.79 Å². The maximum absolute atomic E-state index is 12.4. The van der Waals surface area contributed by atoms with E-state index in [1.807, 2.05) is 6.92 Å². The van der Waals surface area contributed by atoms with Gasteiger partial charge in [-0.2, -0.15) is 8.42 Å². The molecule has 26 heavy (non-hydrogen) atoms. The molecule has 0 spiro atoms. The average Bonchev–Trinajstić information content (AvgIpc) is 2.53. The highest BCUT2D eigenvalue weighted by Crippen LogP contribution is 2.27. The molecule has 0 unspecified atom stereocenters. The van der Waals surface area contributed by atoms with E-state index in [2.05, 4.69) is 0 Å². The maximum atomic E-state index is 12.4. The van der Waals surface area contributed by atoms with E-state index in [4.69, 9.17) is 31.8 Å². The molecule has 0 aliphatic heterocycles. The lowest BCUT2D eigenvalue weighted by molar-refractivity contribution is 0.491. The summed E-state index contributed by atoms with van der Waals surface area (Å²) in [6.45, 7) is 1.81. The van der Waals surface area contributed by atoms with Crippen molar-refractivity contribution in [2.45, 2.75) is 13.3 Å². The van der Waals surface area contributed by atoms with Crippen molar-refractivity contribution in [1.29, 1.82) is 0 Å². The molecule has 136 valence electrons. The summed E-state index contributed by atoms with van der Waals surface area (Å²) < 4.78 is 32.7. The Morgan fingerprint density at radius 2 is 1.81 bits per heavy atom. The fourth-order valence-electron chi connectivity index (χ4n) is 2.66. The Balaban J connectivity index is 2.06. The molecule has 0 saturated heterocycles. The van der Waals surface area contributed by atoms with Gasteiger partial charge in [-0.05, 0) is 42.3 Å². The molecule has 1 heterocycles. The van der Waals surface area contributed by atoms with Crippen LogP contribution in [0.4, 0.5) is 0 Å². The number of rotatable bonds is 4. The summed E-state index contributed by atoms with van der Waals surface area (Å²) in [6, 6.07) is 9.72. The molecule has 0 amide bonds. The Kier molecular flexibility index (Phi) is 5.01. The molecule has 3 rings (SSSR count). The zero-order valence-electron chi connectivity index (χ0n) is 13.9. The molecule has 0 fully saturated rings. The van der Waals surface area contributed by atoms with Crippen LogP contribution in [0.5, 0.6) is 5.75 Å². The summed E-state index contributed by atoms with van der Waals surface area (Å²) >= 11 is 11.9. The second-order valence-electron chi connectivity index (χ2n) is 5.86.